The SMILES string of the molecule is C=CCc1ccccc1OCC#CCNC(=O)Nc1cc(OC)c(OC)c(OC)c1. The van der Waals surface area contributed by atoms with Crippen molar-refractivity contribution >= 4 is 11.7 Å². The van der Waals surface area contributed by atoms with Crippen LogP contribution in [0.2, 0.25) is 0 Å². The van der Waals surface area contributed by atoms with Gasteiger partial charge in [0.2, 0.25) is 5.75 Å². The van der Waals surface area contributed by atoms with Gasteiger partial charge in [-0.15, -0.1) is 6.58 Å². The Morgan fingerprint density at radius 2 is 1.73 bits per heavy atom. The molecule has 0 saturated heterocycles. The summed E-state index contributed by atoms with van der Waals surface area (Å²) in [5.41, 5.74) is 1.55. The summed E-state index contributed by atoms with van der Waals surface area (Å²) in [5.74, 6) is 7.85. The lowest BCUT2D eigenvalue weighted by Crippen LogP contribution is -2.29. The zero-order valence-electron chi connectivity index (χ0n) is 17.4. The zero-order chi connectivity index (χ0) is 21.8. The first kappa shape index (κ1) is 22.5. The van der Waals surface area contributed by atoms with Gasteiger partial charge in [-0.1, -0.05) is 36.1 Å². The smallest absolute Gasteiger partial charge is 0.319 e. The lowest BCUT2D eigenvalue weighted by molar-refractivity contribution is 0.253. The van der Waals surface area contributed by atoms with Gasteiger partial charge in [0.05, 0.1) is 33.6 Å². The topological polar surface area (TPSA) is 78.1 Å². The Morgan fingerprint density at radius 3 is 2.37 bits per heavy atom. The monoisotopic (exact) mass is 410 g/mol. The molecule has 2 amide bonds. The number of carbonyl (C=O) groups is 1. The minimum atomic E-state index is -0.407. The summed E-state index contributed by atoms with van der Waals surface area (Å²) < 4.78 is 21.5. The summed E-state index contributed by atoms with van der Waals surface area (Å²) >= 11 is 0. The quantitative estimate of drug-likeness (QED) is 0.487. The molecule has 30 heavy (non-hydrogen) atoms. The molecule has 7 nitrogen and oxygen atoms in total. The van der Waals surface area contributed by atoms with Gasteiger partial charge in [0.25, 0.3) is 0 Å². The van der Waals surface area contributed by atoms with Gasteiger partial charge in [0, 0.05) is 12.1 Å². The highest BCUT2D eigenvalue weighted by Crippen LogP contribution is 2.39. The number of nitrogens with one attached hydrogen (secondary N) is 2. The molecule has 2 aromatic rings. The Morgan fingerprint density at radius 1 is 1.03 bits per heavy atom. The number of anilines is 1. The molecule has 2 aromatic carbocycles. The molecule has 0 heterocycles. The minimum Gasteiger partial charge on any atom is -0.493 e. The van der Waals surface area contributed by atoms with Crippen LogP contribution in [0.25, 0.3) is 0 Å². The van der Waals surface area contributed by atoms with E-state index in [1.54, 1.807) is 12.1 Å². The highest BCUT2D eigenvalue weighted by Gasteiger charge is 2.14. The maximum atomic E-state index is 12.1. The first-order valence-electron chi connectivity index (χ1n) is 9.25. The Bertz CT molecular complexity index is 906. The standard InChI is InChI=1S/C23H26N2O5/c1-5-10-17-11-6-7-12-19(17)30-14-9-8-13-24-23(26)25-18-15-20(27-2)22(29-4)21(16-18)28-3/h5-7,11-12,15-16H,1,10,13-14H2,2-4H3,(H2,24,25,26). The number of urea groups is 1. The van der Waals surface area contributed by atoms with Crippen LogP contribution < -0.4 is 29.6 Å². The molecule has 0 aliphatic rings. The van der Waals surface area contributed by atoms with Crippen molar-refractivity contribution in [1.82, 2.24) is 5.32 Å². The first-order valence-corrected chi connectivity index (χ1v) is 9.25. The Hall–Kier alpha value is -3.79. The fourth-order valence-corrected chi connectivity index (χ4v) is 2.65. The van der Waals surface area contributed by atoms with E-state index in [1.807, 2.05) is 30.3 Å². The van der Waals surface area contributed by atoms with Crippen LogP contribution >= 0.6 is 0 Å². The van der Waals surface area contributed by atoms with Crippen LogP contribution in [-0.2, 0) is 6.42 Å². The molecule has 0 fully saturated rings. The Balaban J connectivity index is 1.84. The number of allylic oxidation sites excluding steroid dienone is 1. The third-order valence-electron chi connectivity index (χ3n) is 4.02. The van der Waals surface area contributed by atoms with E-state index < -0.39 is 6.03 Å². The molecule has 0 bridgehead atoms. The number of carbonyl (C=O) groups excluding carboxylic acids is 1. The number of amides is 2. The average Bonchev–Trinajstić information content (AvgIpc) is 2.76. The van der Waals surface area contributed by atoms with E-state index in [-0.39, 0.29) is 13.2 Å². The normalized spacial score (nSPS) is 9.57. The van der Waals surface area contributed by atoms with Gasteiger partial charge < -0.3 is 29.6 Å². The maximum absolute atomic E-state index is 12.1. The fraction of sp³-hybridized carbons (Fsp3) is 0.261. The average molecular weight is 410 g/mol. The Kier molecular flexibility index (Phi) is 8.94. The number of ether oxygens (including phenoxy) is 4. The minimum absolute atomic E-state index is 0.175. The maximum Gasteiger partial charge on any atom is 0.319 e. The lowest BCUT2D eigenvalue weighted by atomic mass is 10.1. The molecule has 158 valence electrons. The predicted octanol–water partition coefficient (Wildman–Crippen LogP) is 3.64. The molecule has 0 saturated carbocycles. The van der Waals surface area contributed by atoms with Crippen molar-refractivity contribution in [2.75, 3.05) is 39.8 Å². The predicted molar refractivity (Wildman–Crippen MR) is 117 cm³/mol. The van der Waals surface area contributed by atoms with Crippen LogP contribution in [0.3, 0.4) is 0 Å². The van der Waals surface area contributed by atoms with Crippen LogP contribution in [-0.4, -0.2) is 40.5 Å². The largest absolute Gasteiger partial charge is 0.493 e. The fourth-order valence-electron chi connectivity index (χ4n) is 2.65. The van der Waals surface area contributed by atoms with Crippen LogP contribution in [0.15, 0.2) is 49.1 Å². The van der Waals surface area contributed by atoms with E-state index in [0.717, 1.165) is 17.7 Å². The second-order valence-electron chi connectivity index (χ2n) is 5.96. The van der Waals surface area contributed by atoms with Crippen molar-refractivity contribution in [3.8, 4) is 34.8 Å². The van der Waals surface area contributed by atoms with Crippen LogP contribution in [0, 0.1) is 11.8 Å². The molecule has 0 unspecified atom stereocenters. The van der Waals surface area contributed by atoms with E-state index in [4.69, 9.17) is 18.9 Å². The van der Waals surface area contributed by atoms with E-state index >= 15 is 0 Å². The van der Waals surface area contributed by atoms with Gasteiger partial charge in [-0.2, -0.15) is 0 Å². The van der Waals surface area contributed by atoms with Gasteiger partial charge in [-0.25, -0.2) is 4.79 Å². The summed E-state index contributed by atoms with van der Waals surface area (Å²) in [7, 11) is 4.53. The van der Waals surface area contributed by atoms with Crippen molar-refractivity contribution in [3.05, 3.63) is 54.6 Å². The lowest BCUT2D eigenvalue weighted by Gasteiger charge is -2.14. The van der Waals surface area contributed by atoms with E-state index in [0.29, 0.717) is 22.9 Å². The van der Waals surface area contributed by atoms with E-state index in [2.05, 4.69) is 29.1 Å². The van der Waals surface area contributed by atoms with E-state index in [9.17, 15) is 4.79 Å². The zero-order valence-corrected chi connectivity index (χ0v) is 17.4. The van der Waals surface area contributed by atoms with Gasteiger partial charge >= 0.3 is 6.03 Å². The third-order valence-corrected chi connectivity index (χ3v) is 4.02. The number of benzene rings is 2. The molecule has 0 aliphatic heterocycles. The molecule has 7 heteroatoms. The highest BCUT2D eigenvalue weighted by molar-refractivity contribution is 5.90. The molecule has 0 aromatic heterocycles. The third kappa shape index (κ3) is 6.38. The highest BCUT2D eigenvalue weighted by atomic mass is 16.5. The van der Waals surface area contributed by atoms with Crippen LogP contribution in [0.1, 0.15) is 5.56 Å². The van der Waals surface area contributed by atoms with Crippen LogP contribution in [0.5, 0.6) is 23.0 Å². The van der Waals surface area contributed by atoms with Gasteiger partial charge in [-0.05, 0) is 18.1 Å². The van der Waals surface area contributed by atoms with Crippen molar-refractivity contribution < 1.29 is 23.7 Å². The second kappa shape index (κ2) is 11.9. The number of rotatable bonds is 9. The molecule has 0 atom stereocenters. The molecular weight excluding hydrogens is 384 g/mol. The molecule has 2 rings (SSSR count). The molecular formula is C23H26N2O5. The Labute approximate surface area is 177 Å². The van der Waals surface area contributed by atoms with Gasteiger partial charge in [0.15, 0.2) is 11.5 Å². The van der Waals surface area contributed by atoms with Gasteiger partial charge in [-0.3, -0.25) is 0 Å². The van der Waals surface area contributed by atoms with E-state index in [1.165, 1.54) is 21.3 Å². The number of methoxy groups -OCH3 is 3. The summed E-state index contributed by atoms with van der Waals surface area (Å²) in [4.78, 5) is 12.1. The number of para-hydroxylation sites is 1. The van der Waals surface area contributed by atoms with Crippen LogP contribution in [0.4, 0.5) is 10.5 Å². The molecule has 0 aliphatic carbocycles. The molecule has 0 spiro atoms. The summed E-state index contributed by atoms with van der Waals surface area (Å²) in [6.45, 7) is 4.14. The number of hydrogen-bond donors (Lipinski definition) is 2. The second-order valence-corrected chi connectivity index (χ2v) is 5.96. The van der Waals surface area contributed by atoms with Gasteiger partial charge in [0.1, 0.15) is 12.4 Å². The van der Waals surface area contributed by atoms with Crippen molar-refractivity contribution in [2.24, 2.45) is 0 Å². The van der Waals surface area contributed by atoms with Crippen molar-refractivity contribution in [2.45, 2.75) is 6.42 Å². The first-order chi connectivity index (χ1) is 14.6. The summed E-state index contributed by atoms with van der Waals surface area (Å²) in [6.07, 6.45) is 2.55. The molecule has 0 radical (unpaired) electrons. The molecule has 2 N–H and O–H groups in total. The van der Waals surface area contributed by atoms with Crippen molar-refractivity contribution in [1.29, 1.82) is 0 Å². The summed E-state index contributed by atoms with van der Waals surface area (Å²) in [6, 6.07) is 10.6. The number of hydrogen-bond acceptors (Lipinski definition) is 5. The summed E-state index contributed by atoms with van der Waals surface area (Å²) in [5, 5.41) is 5.37. The van der Waals surface area contributed by atoms with Crippen molar-refractivity contribution in [3.63, 3.8) is 0 Å².